The lowest BCUT2D eigenvalue weighted by Gasteiger charge is -2.07. The van der Waals surface area contributed by atoms with Crippen molar-refractivity contribution >= 4 is 23.2 Å². The number of methoxy groups -OCH3 is 1. The Hall–Kier alpha value is -1.14. The van der Waals surface area contributed by atoms with Gasteiger partial charge in [-0.15, -0.1) is 5.10 Å². The van der Waals surface area contributed by atoms with Crippen LogP contribution in [0.4, 0.5) is 0 Å². The van der Waals surface area contributed by atoms with Crippen LogP contribution in [-0.2, 0) is 24.4 Å². The second-order valence-electron chi connectivity index (χ2n) is 4.03. The van der Waals surface area contributed by atoms with Crippen LogP contribution in [0, 0.1) is 0 Å². The van der Waals surface area contributed by atoms with Gasteiger partial charge in [0, 0.05) is 13.7 Å². The van der Waals surface area contributed by atoms with E-state index in [0.29, 0.717) is 29.7 Å². The second-order valence-corrected chi connectivity index (χ2v) is 4.84. The van der Waals surface area contributed by atoms with Crippen molar-refractivity contribution in [3.8, 4) is 0 Å². The van der Waals surface area contributed by atoms with E-state index in [1.807, 2.05) is 12.1 Å². The molecule has 1 aromatic heterocycles. The zero-order chi connectivity index (χ0) is 13.8. The van der Waals surface area contributed by atoms with Crippen LogP contribution in [0.3, 0.4) is 0 Å². The maximum Gasteiger partial charge on any atom is 0.102 e. The molecule has 0 atom stereocenters. The smallest absolute Gasteiger partial charge is 0.102 e. The highest BCUT2D eigenvalue weighted by Crippen LogP contribution is 2.23. The molecule has 2 aromatic rings. The summed E-state index contributed by atoms with van der Waals surface area (Å²) in [6.45, 7) is 1.30. The first kappa shape index (κ1) is 14.3. The summed E-state index contributed by atoms with van der Waals surface area (Å²) in [5.74, 6) is 0. The first-order valence-electron chi connectivity index (χ1n) is 5.70. The number of rotatable bonds is 5. The minimum absolute atomic E-state index is 0.333. The monoisotopic (exact) mass is 300 g/mol. The normalized spacial score (nSPS) is 10.9. The van der Waals surface area contributed by atoms with E-state index in [4.69, 9.17) is 33.7 Å². The van der Waals surface area contributed by atoms with E-state index < -0.39 is 0 Å². The van der Waals surface area contributed by atoms with Gasteiger partial charge in [-0.05, 0) is 17.7 Å². The molecule has 1 aromatic carbocycles. The predicted molar refractivity (Wildman–Crippen MR) is 74.2 cm³/mol. The number of benzene rings is 1. The van der Waals surface area contributed by atoms with Gasteiger partial charge in [0.2, 0.25) is 0 Å². The summed E-state index contributed by atoms with van der Waals surface area (Å²) in [6.07, 6.45) is 0. The van der Waals surface area contributed by atoms with Crippen LogP contribution in [0.2, 0.25) is 10.0 Å². The topological polar surface area (TPSA) is 66.0 Å². The van der Waals surface area contributed by atoms with Gasteiger partial charge in [-0.3, -0.25) is 0 Å². The third-order valence-corrected chi connectivity index (χ3v) is 3.45. The Morgan fingerprint density at radius 2 is 2.11 bits per heavy atom. The number of aromatic nitrogens is 3. The quantitative estimate of drug-likeness (QED) is 0.919. The largest absolute Gasteiger partial charge is 0.378 e. The van der Waals surface area contributed by atoms with Crippen molar-refractivity contribution in [3.05, 3.63) is 45.2 Å². The zero-order valence-corrected chi connectivity index (χ0v) is 11.9. The van der Waals surface area contributed by atoms with Crippen LogP contribution >= 0.6 is 23.2 Å². The second kappa shape index (κ2) is 6.34. The number of halogens is 2. The van der Waals surface area contributed by atoms with Crippen molar-refractivity contribution in [2.75, 3.05) is 7.11 Å². The third kappa shape index (κ3) is 3.25. The maximum atomic E-state index is 5.99. The average molecular weight is 301 g/mol. The maximum absolute atomic E-state index is 5.99. The highest BCUT2D eigenvalue weighted by atomic mass is 35.5. The zero-order valence-electron chi connectivity index (χ0n) is 10.4. The summed E-state index contributed by atoms with van der Waals surface area (Å²) in [5.41, 5.74) is 8.22. The standard InChI is InChI=1S/C12H14Cl2N4O/c1-19-7-12-11(5-15)16-17-18(12)6-8-2-3-9(13)10(14)4-8/h2-4H,5-7,15H2,1H3. The van der Waals surface area contributed by atoms with E-state index in [1.54, 1.807) is 17.9 Å². The molecule has 0 fully saturated rings. The Labute approximate surface area is 121 Å². The first-order chi connectivity index (χ1) is 9.15. The van der Waals surface area contributed by atoms with Gasteiger partial charge >= 0.3 is 0 Å². The molecule has 7 heteroatoms. The van der Waals surface area contributed by atoms with Crippen molar-refractivity contribution in [2.45, 2.75) is 19.7 Å². The summed E-state index contributed by atoms with van der Waals surface area (Å²) in [4.78, 5) is 0. The summed E-state index contributed by atoms with van der Waals surface area (Å²) in [6, 6.07) is 5.47. The molecule has 0 bridgehead atoms. The molecule has 102 valence electrons. The Bertz CT molecular complexity index is 571. The van der Waals surface area contributed by atoms with Gasteiger partial charge in [0.15, 0.2) is 0 Å². The van der Waals surface area contributed by atoms with E-state index in [9.17, 15) is 0 Å². The van der Waals surface area contributed by atoms with Gasteiger partial charge < -0.3 is 10.5 Å². The van der Waals surface area contributed by atoms with Crippen molar-refractivity contribution < 1.29 is 4.74 Å². The van der Waals surface area contributed by atoms with Crippen molar-refractivity contribution in [3.63, 3.8) is 0 Å². The average Bonchev–Trinajstić information content (AvgIpc) is 2.77. The van der Waals surface area contributed by atoms with Gasteiger partial charge in [-0.1, -0.05) is 34.5 Å². The molecule has 0 radical (unpaired) electrons. The van der Waals surface area contributed by atoms with Crippen molar-refractivity contribution in [1.82, 2.24) is 15.0 Å². The highest BCUT2D eigenvalue weighted by molar-refractivity contribution is 6.42. The Kier molecular flexibility index (Phi) is 4.76. The van der Waals surface area contributed by atoms with Gasteiger partial charge in [0.25, 0.3) is 0 Å². The highest BCUT2D eigenvalue weighted by Gasteiger charge is 2.12. The fraction of sp³-hybridized carbons (Fsp3) is 0.333. The van der Waals surface area contributed by atoms with Gasteiger partial charge in [-0.25, -0.2) is 4.68 Å². The fourth-order valence-corrected chi connectivity index (χ4v) is 2.08. The van der Waals surface area contributed by atoms with Crippen LogP contribution in [0.5, 0.6) is 0 Å². The first-order valence-corrected chi connectivity index (χ1v) is 6.45. The number of nitrogens with two attached hydrogens (primary N) is 1. The predicted octanol–water partition coefficient (Wildman–Crippen LogP) is 2.24. The molecule has 0 unspecified atom stereocenters. The minimum atomic E-state index is 0.333. The van der Waals surface area contributed by atoms with Crippen LogP contribution in [0.15, 0.2) is 18.2 Å². The van der Waals surface area contributed by atoms with E-state index >= 15 is 0 Å². The summed E-state index contributed by atoms with van der Waals surface area (Å²) < 4.78 is 6.90. The molecular weight excluding hydrogens is 287 g/mol. The number of hydrogen-bond donors (Lipinski definition) is 1. The Morgan fingerprint density at radius 1 is 1.32 bits per heavy atom. The van der Waals surface area contributed by atoms with Crippen molar-refractivity contribution in [1.29, 1.82) is 0 Å². The lowest BCUT2D eigenvalue weighted by Crippen LogP contribution is -2.09. The van der Waals surface area contributed by atoms with E-state index in [2.05, 4.69) is 10.3 Å². The number of hydrogen-bond acceptors (Lipinski definition) is 4. The van der Waals surface area contributed by atoms with Crippen LogP contribution in [-0.4, -0.2) is 22.1 Å². The van der Waals surface area contributed by atoms with Gasteiger partial charge in [-0.2, -0.15) is 0 Å². The van der Waals surface area contributed by atoms with Crippen LogP contribution in [0.1, 0.15) is 17.0 Å². The summed E-state index contributed by atoms with van der Waals surface area (Å²) in [7, 11) is 1.62. The molecule has 0 amide bonds. The summed E-state index contributed by atoms with van der Waals surface area (Å²) in [5, 5.41) is 9.17. The molecule has 19 heavy (non-hydrogen) atoms. The lowest BCUT2D eigenvalue weighted by molar-refractivity contribution is 0.176. The number of ether oxygens (including phenoxy) is 1. The number of nitrogens with zero attached hydrogens (tertiary/aromatic N) is 3. The van der Waals surface area contributed by atoms with Gasteiger partial charge in [0.05, 0.1) is 28.9 Å². The molecule has 2 N–H and O–H groups in total. The Morgan fingerprint density at radius 3 is 2.74 bits per heavy atom. The molecule has 0 aliphatic rings. The van der Waals surface area contributed by atoms with E-state index in [-0.39, 0.29) is 0 Å². The molecule has 0 saturated carbocycles. The molecular formula is C12H14Cl2N4O. The minimum Gasteiger partial charge on any atom is -0.378 e. The van der Waals surface area contributed by atoms with Gasteiger partial charge in [0.1, 0.15) is 5.69 Å². The molecule has 0 saturated heterocycles. The van der Waals surface area contributed by atoms with E-state index in [0.717, 1.165) is 17.0 Å². The van der Waals surface area contributed by atoms with Crippen molar-refractivity contribution in [2.24, 2.45) is 5.73 Å². The molecule has 0 aliphatic heterocycles. The third-order valence-electron chi connectivity index (χ3n) is 2.71. The molecule has 0 spiro atoms. The van der Waals surface area contributed by atoms with E-state index in [1.165, 1.54) is 0 Å². The molecule has 0 aliphatic carbocycles. The molecule has 5 nitrogen and oxygen atoms in total. The molecule has 1 heterocycles. The molecule has 2 rings (SSSR count). The van der Waals surface area contributed by atoms with Crippen LogP contribution in [0.25, 0.3) is 0 Å². The van der Waals surface area contributed by atoms with Crippen LogP contribution < -0.4 is 5.73 Å². The summed E-state index contributed by atoms with van der Waals surface area (Å²) >= 11 is 11.9. The SMILES string of the molecule is COCc1c(CN)nnn1Cc1ccc(Cl)c(Cl)c1. The lowest BCUT2D eigenvalue weighted by atomic mass is 10.2. The Balaban J connectivity index is 2.27. The fourth-order valence-electron chi connectivity index (χ4n) is 1.76.